The molecule has 166 valence electrons. The van der Waals surface area contributed by atoms with E-state index >= 15 is 0 Å². The maximum Gasteiger partial charge on any atom is 0.335 e. The van der Waals surface area contributed by atoms with E-state index in [1.54, 1.807) is 36.4 Å². The minimum atomic E-state index is -0.989. The number of aryl methyl sites for hydroxylation is 1. The summed E-state index contributed by atoms with van der Waals surface area (Å²) in [6, 6.07) is 20.7. The van der Waals surface area contributed by atoms with E-state index in [1.165, 1.54) is 25.3 Å². The lowest BCUT2D eigenvalue weighted by Gasteiger charge is -2.12. The molecule has 1 amide bonds. The molecule has 0 aliphatic heterocycles. The van der Waals surface area contributed by atoms with Gasteiger partial charge in [0.05, 0.1) is 12.7 Å². The highest BCUT2D eigenvalue weighted by atomic mass is 16.5. The number of amides is 1. The van der Waals surface area contributed by atoms with Gasteiger partial charge in [-0.05, 0) is 60.0 Å². The van der Waals surface area contributed by atoms with Gasteiger partial charge < -0.3 is 19.9 Å². The number of rotatable bonds is 8. The third kappa shape index (κ3) is 5.99. The highest BCUT2D eigenvalue weighted by Crippen LogP contribution is 2.30. The first kappa shape index (κ1) is 23.1. The Balaban J connectivity index is 1.74. The smallest absolute Gasteiger partial charge is 0.335 e. The molecule has 0 saturated heterocycles. The van der Waals surface area contributed by atoms with Gasteiger partial charge in [-0.25, -0.2) is 4.79 Å². The molecule has 3 aromatic rings. The van der Waals surface area contributed by atoms with Crippen LogP contribution in [0.1, 0.15) is 27.0 Å². The van der Waals surface area contributed by atoms with Gasteiger partial charge in [-0.1, -0.05) is 36.4 Å². The summed E-state index contributed by atoms with van der Waals surface area (Å²) in [7, 11) is 1.49. The fourth-order valence-corrected chi connectivity index (χ4v) is 3.02. The van der Waals surface area contributed by atoms with Crippen molar-refractivity contribution in [2.24, 2.45) is 0 Å². The first-order valence-corrected chi connectivity index (χ1v) is 10.0. The van der Waals surface area contributed by atoms with Crippen molar-refractivity contribution in [2.75, 3.05) is 12.4 Å². The quantitative estimate of drug-likeness (QED) is 0.382. The zero-order valence-corrected chi connectivity index (χ0v) is 18.2. The number of nitrogens with one attached hydrogen (secondary N) is 1. The number of nitriles is 1. The minimum Gasteiger partial charge on any atom is -0.493 e. The predicted octanol–water partition coefficient (Wildman–Crippen LogP) is 4.83. The number of carbonyl (C=O) groups excluding carboxylic acids is 1. The molecule has 0 aliphatic carbocycles. The van der Waals surface area contributed by atoms with Crippen LogP contribution in [0.5, 0.6) is 11.5 Å². The lowest BCUT2D eigenvalue weighted by atomic mass is 10.1. The van der Waals surface area contributed by atoms with E-state index in [-0.39, 0.29) is 17.7 Å². The Kier molecular flexibility index (Phi) is 7.45. The maximum atomic E-state index is 12.6. The Bertz CT molecular complexity index is 1240. The minimum absolute atomic E-state index is 0.0486. The van der Waals surface area contributed by atoms with E-state index in [1.807, 2.05) is 31.2 Å². The number of ether oxygens (including phenoxy) is 2. The first-order chi connectivity index (χ1) is 15.9. The third-order valence-electron chi connectivity index (χ3n) is 4.85. The molecule has 33 heavy (non-hydrogen) atoms. The largest absolute Gasteiger partial charge is 0.493 e. The molecule has 0 bridgehead atoms. The molecule has 0 fully saturated rings. The summed E-state index contributed by atoms with van der Waals surface area (Å²) in [4.78, 5) is 23.5. The van der Waals surface area contributed by atoms with Gasteiger partial charge in [-0.3, -0.25) is 4.79 Å². The molecule has 3 rings (SSSR count). The van der Waals surface area contributed by atoms with Crippen LogP contribution in [0.2, 0.25) is 0 Å². The van der Waals surface area contributed by atoms with Gasteiger partial charge in [-0.15, -0.1) is 0 Å². The Labute approximate surface area is 191 Å². The standard InChI is InChI=1S/C26H22N2O5/c1-17-5-3-4-6-22(17)28-25(29)21(15-27)13-19-9-12-23(24(14-19)32-2)33-16-18-7-10-20(11-8-18)26(30)31/h3-14H,16H2,1-2H3,(H,28,29)(H,30,31). The summed E-state index contributed by atoms with van der Waals surface area (Å²) >= 11 is 0. The number of benzene rings is 3. The van der Waals surface area contributed by atoms with Crippen molar-refractivity contribution in [1.82, 2.24) is 0 Å². The average molecular weight is 442 g/mol. The van der Waals surface area contributed by atoms with Gasteiger partial charge in [0.25, 0.3) is 5.91 Å². The average Bonchev–Trinajstić information content (AvgIpc) is 2.83. The van der Waals surface area contributed by atoms with Gasteiger partial charge in [0.1, 0.15) is 18.2 Å². The third-order valence-corrected chi connectivity index (χ3v) is 4.85. The van der Waals surface area contributed by atoms with Crippen molar-refractivity contribution >= 4 is 23.6 Å². The number of nitrogens with zero attached hydrogens (tertiary/aromatic N) is 1. The highest BCUT2D eigenvalue weighted by Gasteiger charge is 2.12. The normalized spacial score (nSPS) is 10.8. The monoisotopic (exact) mass is 442 g/mol. The van der Waals surface area contributed by atoms with Gasteiger partial charge >= 0.3 is 5.97 Å². The molecule has 0 radical (unpaired) electrons. The number of carboxylic acid groups (broad SMARTS) is 1. The summed E-state index contributed by atoms with van der Waals surface area (Å²) in [5, 5.41) is 21.2. The number of hydrogen-bond donors (Lipinski definition) is 2. The fraction of sp³-hybridized carbons (Fsp3) is 0.115. The number of carbonyl (C=O) groups is 2. The number of hydrogen-bond acceptors (Lipinski definition) is 5. The maximum absolute atomic E-state index is 12.6. The van der Waals surface area contributed by atoms with E-state index in [0.29, 0.717) is 22.7 Å². The van der Waals surface area contributed by atoms with Crippen molar-refractivity contribution in [2.45, 2.75) is 13.5 Å². The van der Waals surface area contributed by atoms with Crippen LogP contribution in [-0.2, 0) is 11.4 Å². The first-order valence-electron chi connectivity index (χ1n) is 10.0. The number of para-hydroxylation sites is 1. The van der Waals surface area contributed by atoms with Crippen LogP contribution in [0.25, 0.3) is 6.08 Å². The summed E-state index contributed by atoms with van der Waals surface area (Å²) in [5.41, 5.74) is 3.08. The SMILES string of the molecule is COc1cc(C=C(C#N)C(=O)Nc2ccccc2C)ccc1OCc1ccc(C(=O)O)cc1. The van der Waals surface area contributed by atoms with Gasteiger partial charge in [0, 0.05) is 5.69 Å². The van der Waals surface area contributed by atoms with Crippen molar-refractivity contribution in [1.29, 1.82) is 5.26 Å². The van der Waals surface area contributed by atoms with Crippen molar-refractivity contribution in [3.05, 3.63) is 94.6 Å². The Morgan fingerprint density at radius 1 is 1.06 bits per heavy atom. The number of carboxylic acids is 1. The molecular formula is C26H22N2O5. The van der Waals surface area contributed by atoms with Crippen molar-refractivity contribution < 1.29 is 24.2 Å². The molecule has 0 aliphatic rings. The van der Waals surface area contributed by atoms with Crippen LogP contribution in [-0.4, -0.2) is 24.1 Å². The summed E-state index contributed by atoms with van der Waals surface area (Å²) in [5.74, 6) is -0.588. The van der Waals surface area contributed by atoms with E-state index in [4.69, 9.17) is 14.6 Å². The van der Waals surface area contributed by atoms with Crippen LogP contribution in [0.4, 0.5) is 5.69 Å². The number of aromatic carboxylic acids is 1. The van der Waals surface area contributed by atoms with Crippen LogP contribution < -0.4 is 14.8 Å². The zero-order valence-electron chi connectivity index (χ0n) is 18.2. The second-order valence-corrected chi connectivity index (χ2v) is 7.14. The van der Waals surface area contributed by atoms with Gasteiger partial charge in [0.2, 0.25) is 0 Å². The molecule has 0 unspecified atom stereocenters. The molecule has 7 heteroatoms. The second-order valence-electron chi connectivity index (χ2n) is 7.14. The van der Waals surface area contributed by atoms with Crippen LogP contribution in [0, 0.1) is 18.3 Å². The van der Waals surface area contributed by atoms with E-state index < -0.39 is 11.9 Å². The second kappa shape index (κ2) is 10.6. The van der Waals surface area contributed by atoms with Crippen molar-refractivity contribution in [3.63, 3.8) is 0 Å². The molecular weight excluding hydrogens is 420 g/mol. The lowest BCUT2D eigenvalue weighted by Crippen LogP contribution is -2.14. The van der Waals surface area contributed by atoms with Gasteiger partial charge in [0.15, 0.2) is 11.5 Å². The summed E-state index contributed by atoms with van der Waals surface area (Å²) in [6.45, 7) is 2.09. The Hall–Kier alpha value is -4.57. The van der Waals surface area contributed by atoms with E-state index in [2.05, 4.69) is 5.32 Å². The van der Waals surface area contributed by atoms with Crippen LogP contribution in [0.3, 0.4) is 0 Å². The Morgan fingerprint density at radius 2 is 1.79 bits per heavy atom. The molecule has 3 aromatic carbocycles. The molecule has 7 nitrogen and oxygen atoms in total. The predicted molar refractivity (Wildman–Crippen MR) is 124 cm³/mol. The molecule has 0 aromatic heterocycles. The lowest BCUT2D eigenvalue weighted by molar-refractivity contribution is -0.112. The molecule has 0 spiro atoms. The topological polar surface area (TPSA) is 109 Å². The number of methoxy groups -OCH3 is 1. The van der Waals surface area contributed by atoms with Crippen molar-refractivity contribution in [3.8, 4) is 17.6 Å². The fourth-order valence-electron chi connectivity index (χ4n) is 3.02. The summed E-state index contributed by atoms with van der Waals surface area (Å²) in [6.07, 6.45) is 1.48. The molecule has 0 heterocycles. The summed E-state index contributed by atoms with van der Waals surface area (Å²) < 4.78 is 11.2. The van der Waals surface area contributed by atoms with Gasteiger partial charge in [-0.2, -0.15) is 5.26 Å². The van der Waals surface area contributed by atoms with Crippen LogP contribution in [0.15, 0.2) is 72.3 Å². The molecule has 0 saturated carbocycles. The number of anilines is 1. The van der Waals surface area contributed by atoms with E-state index in [9.17, 15) is 14.9 Å². The zero-order chi connectivity index (χ0) is 23.8. The highest BCUT2D eigenvalue weighted by molar-refractivity contribution is 6.10. The van der Waals surface area contributed by atoms with E-state index in [0.717, 1.165) is 11.1 Å². The molecule has 2 N–H and O–H groups in total. The Morgan fingerprint density at radius 3 is 2.42 bits per heavy atom. The molecule has 0 atom stereocenters. The van der Waals surface area contributed by atoms with Crippen LogP contribution >= 0.6 is 0 Å².